The predicted octanol–water partition coefficient (Wildman–Crippen LogP) is 12.0. The molecule has 0 atom stereocenters. The van der Waals surface area contributed by atoms with Crippen LogP contribution in [0.25, 0.3) is 100 Å². The Kier molecular flexibility index (Phi) is 6.42. The van der Waals surface area contributed by atoms with Crippen LogP contribution in [-0.2, 0) is 0 Å². The second-order valence-electron chi connectivity index (χ2n) is 12.4. The van der Waals surface area contributed by atoms with E-state index in [1.807, 2.05) is 97.1 Å². The summed E-state index contributed by atoms with van der Waals surface area (Å²) < 4.78 is 12.5. The summed E-state index contributed by atoms with van der Waals surface area (Å²) in [7, 11) is 0. The molecule has 0 N–H and O–H groups in total. The van der Waals surface area contributed by atoms with Crippen molar-refractivity contribution in [3.05, 3.63) is 164 Å². The molecule has 7 aromatic carbocycles. The van der Waals surface area contributed by atoms with Crippen LogP contribution < -0.4 is 0 Å². The highest BCUT2D eigenvalue weighted by Gasteiger charge is 2.20. The van der Waals surface area contributed by atoms with Gasteiger partial charge in [-0.25, -0.2) is 15.0 Å². The average Bonchev–Trinajstić information content (AvgIpc) is 3.76. The van der Waals surface area contributed by atoms with E-state index < -0.39 is 0 Å². The SMILES string of the molecule is c1ccc(-c2nc(-c3ccccc3)nc(-c3cc(-c4cccc5oc6ccccc6c45)ccc3-c3ccc4oc5ccccc5c4c3)n2)cc1. The fourth-order valence-corrected chi connectivity index (χ4v) is 6.99. The maximum absolute atomic E-state index is 6.28. The molecule has 0 saturated heterocycles. The number of furan rings is 2. The molecule has 3 aromatic heterocycles. The maximum Gasteiger partial charge on any atom is 0.164 e. The summed E-state index contributed by atoms with van der Waals surface area (Å²) in [6.45, 7) is 0. The van der Waals surface area contributed by atoms with Gasteiger partial charge in [-0.3, -0.25) is 0 Å². The Labute approximate surface area is 287 Å². The Morgan fingerprint density at radius 2 is 0.840 bits per heavy atom. The van der Waals surface area contributed by atoms with Crippen molar-refractivity contribution in [2.75, 3.05) is 0 Å². The molecule has 0 bridgehead atoms. The molecule has 0 saturated carbocycles. The van der Waals surface area contributed by atoms with Gasteiger partial charge in [-0.2, -0.15) is 0 Å². The number of nitrogens with zero attached hydrogens (tertiary/aromatic N) is 3. The van der Waals surface area contributed by atoms with Gasteiger partial charge in [0.25, 0.3) is 0 Å². The van der Waals surface area contributed by atoms with Crippen molar-refractivity contribution in [1.82, 2.24) is 15.0 Å². The van der Waals surface area contributed by atoms with Crippen LogP contribution in [0.1, 0.15) is 0 Å². The lowest BCUT2D eigenvalue weighted by Crippen LogP contribution is -2.01. The van der Waals surface area contributed by atoms with Crippen LogP contribution in [0.2, 0.25) is 0 Å². The van der Waals surface area contributed by atoms with Crippen molar-refractivity contribution in [2.45, 2.75) is 0 Å². The Balaban J connectivity index is 1.26. The van der Waals surface area contributed by atoms with E-state index in [-0.39, 0.29) is 0 Å². The molecule has 0 aliphatic rings. The smallest absolute Gasteiger partial charge is 0.164 e. The minimum Gasteiger partial charge on any atom is -0.456 e. The van der Waals surface area contributed by atoms with Crippen molar-refractivity contribution in [1.29, 1.82) is 0 Å². The third-order valence-corrected chi connectivity index (χ3v) is 9.36. The van der Waals surface area contributed by atoms with Crippen LogP contribution in [-0.4, -0.2) is 15.0 Å². The number of fused-ring (bicyclic) bond motifs is 6. The lowest BCUT2D eigenvalue weighted by molar-refractivity contribution is 0.668. The Hall–Kier alpha value is -6.85. The van der Waals surface area contributed by atoms with E-state index in [9.17, 15) is 0 Å². The normalized spacial score (nSPS) is 11.6. The highest BCUT2D eigenvalue weighted by Crippen LogP contribution is 2.41. The standard InChI is InChI=1S/C45H27N3O2/c1-3-12-28(13-4-1)43-46-44(29-14-5-2-6-15-29)48-45(47-43)37-27-31(33-18-11-21-41-42(33)35-17-8-10-20-39(35)50-41)22-24-32(37)30-23-25-40-36(26-30)34-16-7-9-19-38(34)49-40/h1-27H. The van der Waals surface area contributed by atoms with Crippen LogP contribution in [0.15, 0.2) is 173 Å². The highest BCUT2D eigenvalue weighted by atomic mass is 16.3. The first-order valence-electron chi connectivity index (χ1n) is 16.6. The summed E-state index contributed by atoms with van der Waals surface area (Å²) in [5.74, 6) is 1.82. The molecular weight excluding hydrogens is 615 g/mol. The molecular formula is C45H27N3O2. The molecule has 0 amide bonds. The monoisotopic (exact) mass is 641 g/mol. The number of aromatic nitrogens is 3. The van der Waals surface area contributed by atoms with Crippen molar-refractivity contribution in [2.24, 2.45) is 0 Å². The predicted molar refractivity (Wildman–Crippen MR) is 202 cm³/mol. The molecule has 3 heterocycles. The van der Waals surface area contributed by atoms with Gasteiger partial charge in [0.15, 0.2) is 17.5 Å². The number of benzene rings is 7. The molecule has 0 fully saturated rings. The number of hydrogen-bond acceptors (Lipinski definition) is 5. The minimum atomic E-state index is 0.593. The average molecular weight is 642 g/mol. The van der Waals surface area contributed by atoms with E-state index in [2.05, 4.69) is 66.7 Å². The molecule has 0 radical (unpaired) electrons. The van der Waals surface area contributed by atoms with Crippen LogP contribution in [0, 0.1) is 0 Å². The minimum absolute atomic E-state index is 0.593. The lowest BCUT2D eigenvalue weighted by Gasteiger charge is -2.14. The van der Waals surface area contributed by atoms with Gasteiger partial charge >= 0.3 is 0 Å². The third-order valence-electron chi connectivity index (χ3n) is 9.36. The lowest BCUT2D eigenvalue weighted by atomic mass is 9.92. The Morgan fingerprint density at radius 1 is 0.300 bits per heavy atom. The zero-order valence-corrected chi connectivity index (χ0v) is 26.7. The summed E-state index contributed by atoms with van der Waals surface area (Å²) in [5, 5.41) is 4.31. The molecule has 0 spiro atoms. The van der Waals surface area contributed by atoms with Crippen molar-refractivity contribution < 1.29 is 8.83 Å². The van der Waals surface area contributed by atoms with E-state index >= 15 is 0 Å². The van der Waals surface area contributed by atoms with Gasteiger partial charge in [0.1, 0.15) is 22.3 Å². The molecule has 234 valence electrons. The number of hydrogen-bond donors (Lipinski definition) is 0. The Bertz CT molecular complexity index is 2810. The van der Waals surface area contributed by atoms with Crippen LogP contribution in [0.5, 0.6) is 0 Å². The largest absolute Gasteiger partial charge is 0.456 e. The first kappa shape index (κ1) is 28.2. The molecule has 0 unspecified atom stereocenters. The molecule has 5 heteroatoms. The second-order valence-corrected chi connectivity index (χ2v) is 12.4. The van der Waals surface area contributed by atoms with Gasteiger partial charge in [0, 0.05) is 38.2 Å². The first-order valence-corrected chi connectivity index (χ1v) is 16.6. The zero-order valence-electron chi connectivity index (χ0n) is 26.7. The Morgan fingerprint density at radius 3 is 1.58 bits per heavy atom. The van der Waals surface area contributed by atoms with Crippen LogP contribution in [0.4, 0.5) is 0 Å². The quantitative estimate of drug-likeness (QED) is 0.187. The first-order chi connectivity index (χ1) is 24.8. The third kappa shape index (κ3) is 4.67. The molecule has 0 aliphatic heterocycles. The summed E-state index contributed by atoms with van der Waals surface area (Å²) >= 11 is 0. The van der Waals surface area contributed by atoms with E-state index in [1.165, 1.54) is 0 Å². The van der Waals surface area contributed by atoms with Crippen molar-refractivity contribution in [3.8, 4) is 56.4 Å². The molecule has 50 heavy (non-hydrogen) atoms. The van der Waals surface area contributed by atoms with Gasteiger partial charge in [-0.15, -0.1) is 0 Å². The number of rotatable bonds is 5. The molecule has 5 nitrogen and oxygen atoms in total. The summed E-state index contributed by atoms with van der Waals surface area (Å²) in [6, 6.07) is 55.7. The van der Waals surface area contributed by atoms with Crippen molar-refractivity contribution >= 4 is 43.9 Å². The van der Waals surface area contributed by atoms with Crippen LogP contribution in [0.3, 0.4) is 0 Å². The van der Waals surface area contributed by atoms with Gasteiger partial charge in [-0.05, 0) is 58.7 Å². The van der Waals surface area contributed by atoms with Crippen molar-refractivity contribution in [3.63, 3.8) is 0 Å². The van der Waals surface area contributed by atoms with E-state index in [1.54, 1.807) is 0 Å². The summed E-state index contributed by atoms with van der Waals surface area (Å²) in [5.41, 5.74) is 10.4. The van der Waals surface area contributed by atoms with Gasteiger partial charge < -0.3 is 8.83 Å². The highest BCUT2D eigenvalue weighted by molar-refractivity contribution is 6.13. The fourth-order valence-electron chi connectivity index (χ4n) is 6.99. The molecule has 0 aliphatic carbocycles. The van der Waals surface area contributed by atoms with Gasteiger partial charge in [0.2, 0.25) is 0 Å². The van der Waals surface area contributed by atoms with Gasteiger partial charge in [-0.1, -0.05) is 127 Å². The van der Waals surface area contributed by atoms with E-state index in [0.717, 1.165) is 82.8 Å². The van der Waals surface area contributed by atoms with Gasteiger partial charge in [0.05, 0.1) is 0 Å². The molecule has 10 aromatic rings. The van der Waals surface area contributed by atoms with Crippen LogP contribution >= 0.6 is 0 Å². The summed E-state index contributed by atoms with van der Waals surface area (Å²) in [6.07, 6.45) is 0. The van der Waals surface area contributed by atoms with E-state index in [4.69, 9.17) is 23.8 Å². The number of para-hydroxylation sites is 2. The maximum atomic E-state index is 6.28. The second kappa shape index (κ2) is 11.4. The molecule has 10 rings (SSSR count). The zero-order chi connectivity index (χ0) is 33.0. The fraction of sp³-hybridized carbons (Fsp3) is 0. The summed E-state index contributed by atoms with van der Waals surface area (Å²) in [4.78, 5) is 15.3. The van der Waals surface area contributed by atoms with E-state index in [0.29, 0.717) is 17.5 Å². The topological polar surface area (TPSA) is 65.0 Å².